The third-order valence-corrected chi connectivity index (χ3v) is 4.70. The van der Waals surface area contributed by atoms with Crippen molar-refractivity contribution in [3.63, 3.8) is 0 Å². The van der Waals surface area contributed by atoms with Gasteiger partial charge in [0.2, 0.25) is 0 Å². The second-order valence-electron chi connectivity index (χ2n) is 6.15. The Bertz CT molecular complexity index is 842. The quantitative estimate of drug-likeness (QED) is 0.749. The van der Waals surface area contributed by atoms with Crippen molar-refractivity contribution in [1.82, 2.24) is 24.4 Å². The molecule has 24 heavy (non-hydrogen) atoms. The summed E-state index contributed by atoms with van der Waals surface area (Å²) in [4.78, 5) is 25.9. The summed E-state index contributed by atoms with van der Waals surface area (Å²) in [6.45, 7) is 1.16. The van der Waals surface area contributed by atoms with E-state index < -0.39 is 6.10 Å². The number of imidazole rings is 2. The smallest absolute Gasteiger partial charge is 0.253 e. The van der Waals surface area contributed by atoms with Crippen LogP contribution in [0.5, 0.6) is 0 Å². The van der Waals surface area contributed by atoms with Crippen LogP contribution in [0, 0.1) is 0 Å². The summed E-state index contributed by atoms with van der Waals surface area (Å²) in [6.07, 6.45) is 7.69. The molecule has 0 spiro atoms. The summed E-state index contributed by atoms with van der Waals surface area (Å²) in [5.74, 6) is -0.00928. The molecule has 0 aliphatic carbocycles. The Morgan fingerprint density at radius 2 is 2.17 bits per heavy atom. The van der Waals surface area contributed by atoms with Gasteiger partial charge in [-0.1, -0.05) is 0 Å². The molecule has 3 heterocycles. The van der Waals surface area contributed by atoms with Gasteiger partial charge in [0.1, 0.15) is 0 Å². The van der Waals surface area contributed by atoms with Gasteiger partial charge in [0.25, 0.3) is 5.91 Å². The van der Waals surface area contributed by atoms with E-state index in [9.17, 15) is 9.90 Å². The van der Waals surface area contributed by atoms with E-state index in [1.807, 2.05) is 27.8 Å². The molecule has 1 saturated heterocycles. The van der Waals surface area contributed by atoms with Crippen molar-refractivity contribution < 1.29 is 9.90 Å². The topological polar surface area (TPSA) is 87.0 Å². The zero-order valence-corrected chi connectivity index (χ0v) is 13.2. The number of carbonyl (C=O) groups is 1. The van der Waals surface area contributed by atoms with Gasteiger partial charge in [-0.05, 0) is 31.0 Å². The van der Waals surface area contributed by atoms with Gasteiger partial charge in [-0.3, -0.25) is 4.79 Å². The van der Waals surface area contributed by atoms with Gasteiger partial charge in [-0.2, -0.15) is 0 Å². The number of aliphatic hydroxyl groups is 1. The molecule has 2 aromatic heterocycles. The standard InChI is InChI=1S/C17H19N5O2/c23-16-4-7-21(6-3-15(16)22-8-5-18-11-22)17(24)12-1-2-13-14(9-12)20-10-19-13/h1-2,5,8-11,15-16,23H,3-4,6-7H2,(H,19,20)/t15-,16-/m0/s1. The molecule has 3 aromatic rings. The molecule has 124 valence electrons. The highest BCUT2D eigenvalue weighted by Crippen LogP contribution is 2.24. The first-order valence-electron chi connectivity index (χ1n) is 8.10. The Balaban J connectivity index is 1.52. The Labute approximate surface area is 139 Å². The maximum Gasteiger partial charge on any atom is 0.253 e. The Hall–Kier alpha value is -2.67. The third-order valence-electron chi connectivity index (χ3n) is 4.70. The second-order valence-corrected chi connectivity index (χ2v) is 6.15. The van der Waals surface area contributed by atoms with Crippen LogP contribution in [0.25, 0.3) is 11.0 Å². The number of amides is 1. The fraction of sp³-hybridized carbons (Fsp3) is 0.353. The van der Waals surface area contributed by atoms with Gasteiger partial charge in [-0.25, -0.2) is 9.97 Å². The molecule has 2 atom stereocenters. The first-order valence-corrected chi connectivity index (χ1v) is 8.10. The van der Waals surface area contributed by atoms with E-state index in [1.54, 1.807) is 24.9 Å². The van der Waals surface area contributed by atoms with Gasteiger partial charge in [0, 0.05) is 31.0 Å². The Morgan fingerprint density at radius 3 is 3.00 bits per heavy atom. The van der Waals surface area contributed by atoms with Gasteiger partial charge in [-0.15, -0.1) is 0 Å². The highest BCUT2D eigenvalue weighted by atomic mass is 16.3. The summed E-state index contributed by atoms with van der Waals surface area (Å²) in [5, 5.41) is 10.4. The number of nitrogens with one attached hydrogen (secondary N) is 1. The summed E-state index contributed by atoms with van der Waals surface area (Å²) in [6, 6.07) is 5.44. The predicted octanol–water partition coefficient (Wildman–Crippen LogP) is 1.60. The number of fused-ring (bicyclic) bond motifs is 1. The number of aromatic nitrogens is 4. The van der Waals surface area contributed by atoms with Crippen molar-refractivity contribution in [2.24, 2.45) is 0 Å². The van der Waals surface area contributed by atoms with Crippen LogP contribution in [0.2, 0.25) is 0 Å². The number of carbonyl (C=O) groups excluding carboxylic acids is 1. The molecular weight excluding hydrogens is 306 g/mol. The monoisotopic (exact) mass is 325 g/mol. The van der Waals surface area contributed by atoms with E-state index in [4.69, 9.17) is 0 Å². The SMILES string of the molecule is O=C(c1ccc2nc[nH]c2c1)N1CC[C@H](O)[C@@H](n2ccnc2)CC1. The number of aromatic amines is 1. The van der Waals surface area contributed by atoms with Crippen molar-refractivity contribution in [3.05, 3.63) is 48.8 Å². The highest BCUT2D eigenvalue weighted by Gasteiger charge is 2.28. The number of benzene rings is 1. The minimum absolute atomic E-state index is 0.00928. The van der Waals surface area contributed by atoms with E-state index in [0.29, 0.717) is 31.5 Å². The molecule has 0 saturated carbocycles. The van der Waals surface area contributed by atoms with Crippen LogP contribution in [-0.2, 0) is 0 Å². The Kier molecular flexibility index (Phi) is 3.78. The molecule has 1 fully saturated rings. The highest BCUT2D eigenvalue weighted by molar-refractivity contribution is 5.97. The number of likely N-dealkylation sites (tertiary alicyclic amines) is 1. The lowest BCUT2D eigenvalue weighted by atomic mass is 10.1. The molecule has 1 aromatic carbocycles. The van der Waals surface area contributed by atoms with Gasteiger partial charge in [0.15, 0.2) is 0 Å². The zero-order chi connectivity index (χ0) is 16.5. The summed E-state index contributed by atoms with van der Waals surface area (Å²) in [5.41, 5.74) is 2.34. The fourth-order valence-corrected chi connectivity index (χ4v) is 3.34. The molecule has 1 amide bonds. The maximum atomic E-state index is 12.8. The van der Waals surface area contributed by atoms with E-state index in [-0.39, 0.29) is 11.9 Å². The molecule has 2 N–H and O–H groups in total. The lowest BCUT2D eigenvalue weighted by Gasteiger charge is -2.21. The molecule has 1 aliphatic heterocycles. The van der Waals surface area contributed by atoms with Gasteiger partial charge < -0.3 is 19.6 Å². The van der Waals surface area contributed by atoms with Crippen LogP contribution in [0.1, 0.15) is 29.2 Å². The lowest BCUT2D eigenvalue weighted by molar-refractivity contribution is 0.0751. The molecule has 7 nitrogen and oxygen atoms in total. The number of H-pyrrole nitrogens is 1. The molecule has 1 aliphatic rings. The number of hydrogen-bond donors (Lipinski definition) is 2. The van der Waals surface area contributed by atoms with Crippen LogP contribution < -0.4 is 0 Å². The zero-order valence-electron chi connectivity index (χ0n) is 13.2. The molecule has 7 heteroatoms. The van der Waals surface area contributed by atoms with Crippen molar-refractivity contribution >= 4 is 16.9 Å². The number of nitrogens with zero attached hydrogens (tertiary/aromatic N) is 4. The Morgan fingerprint density at radius 1 is 1.29 bits per heavy atom. The average molecular weight is 325 g/mol. The van der Waals surface area contributed by atoms with Crippen molar-refractivity contribution in [2.45, 2.75) is 25.0 Å². The number of aliphatic hydroxyl groups excluding tert-OH is 1. The first kappa shape index (κ1) is 14.9. The van der Waals surface area contributed by atoms with E-state index in [0.717, 1.165) is 11.0 Å². The normalized spacial score (nSPS) is 21.8. The van der Waals surface area contributed by atoms with Crippen molar-refractivity contribution in [2.75, 3.05) is 13.1 Å². The summed E-state index contributed by atoms with van der Waals surface area (Å²) in [7, 11) is 0. The molecular formula is C17H19N5O2. The van der Waals surface area contributed by atoms with E-state index in [1.165, 1.54) is 0 Å². The third kappa shape index (κ3) is 2.67. The summed E-state index contributed by atoms with van der Waals surface area (Å²) < 4.78 is 1.93. The van der Waals surface area contributed by atoms with Crippen molar-refractivity contribution in [1.29, 1.82) is 0 Å². The largest absolute Gasteiger partial charge is 0.391 e. The molecule has 0 unspecified atom stereocenters. The minimum atomic E-state index is -0.480. The van der Waals surface area contributed by atoms with Crippen LogP contribution in [0.3, 0.4) is 0 Å². The first-order chi connectivity index (χ1) is 11.7. The van der Waals surface area contributed by atoms with Crippen LogP contribution >= 0.6 is 0 Å². The predicted molar refractivity (Wildman–Crippen MR) is 88.5 cm³/mol. The van der Waals surface area contributed by atoms with Crippen LogP contribution in [-0.4, -0.2) is 54.6 Å². The molecule has 4 rings (SSSR count). The number of hydrogen-bond acceptors (Lipinski definition) is 4. The average Bonchev–Trinajstić information content (AvgIpc) is 3.24. The van der Waals surface area contributed by atoms with Crippen LogP contribution in [0.4, 0.5) is 0 Å². The lowest BCUT2D eigenvalue weighted by Crippen LogP contribution is -2.32. The van der Waals surface area contributed by atoms with Crippen LogP contribution in [0.15, 0.2) is 43.2 Å². The second kappa shape index (κ2) is 6.09. The van der Waals surface area contributed by atoms with Gasteiger partial charge in [0.05, 0.1) is 35.8 Å². The number of rotatable bonds is 2. The summed E-state index contributed by atoms with van der Waals surface area (Å²) >= 11 is 0. The maximum absolute atomic E-state index is 12.8. The molecule has 0 bridgehead atoms. The minimum Gasteiger partial charge on any atom is -0.391 e. The van der Waals surface area contributed by atoms with Crippen molar-refractivity contribution in [3.8, 4) is 0 Å². The van der Waals surface area contributed by atoms with E-state index >= 15 is 0 Å². The van der Waals surface area contributed by atoms with E-state index in [2.05, 4.69) is 15.0 Å². The fourth-order valence-electron chi connectivity index (χ4n) is 3.34. The van der Waals surface area contributed by atoms with Gasteiger partial charge >= 0.3 is 0 Å². The molecule has 0 radical (unpaired) electrons.